The number of nitrogens with two attached hydrogens (primary N) is 1. The molecule has 3 aromatic heterocycles. The van der Waals surface area contributed by atoms with Crippen LogP contribution >= 0.6 is 0 Å². The Hall–Kier alpha value is -3.71. The Morgan fingerprint density at radius 2 is 2.06 bits per heavy atom. The molecule has 31 heavy (non-hydrogen) atoms. The van der Waals surface area contributed by atoms with Crippen LogP contribution in [-0.2, 0) is 16.8 Å². The van der Waals surface area contributed by atoms with Crippen molar-refractivity contribution >= 4 is 32.7 Å². The van der Waals surface area contributed by atoms with Crippen molar-refractivity contribution in [1.29, 1.82) is 0 Å². The van der Waals surface area contributed by atoms with Gasteiger partial charge in [-0.05, 0) is 29.4 Å². The summed E-state index contributed by atoms with van der Waals surface area (Å²) < 4.78 is 40.1. The van der Waals surface area contributed by atoms with Crippen LogP contribution in [0.25, 0.3) is 22.6 Å². The van der Waals surface area contributed by atoms with E-state index >= 15 is 0 Å². The molecule has 162 valence electrons. The largest absolute Gasteiger partial charge is 0.439 e. The summed E-state index contributed by atoms with van der Waals surface area (Å²) in [6.45, 7) is 2.54. The van der Waals surface area contributed by atoms with Crippen molar-refractivity contribution in [3.63, 3.8) is 0 Å². The number of imidazole rings is 1. The van der Waals surface area contributed by atoms with E-state index in [0.29, 0.717) is 40.9 Å². The highest BCUT2D eigenvalue weighted by Crippen LogP contribution is 2.30. The molecule has 0 amide bonds. The number of nitrogen functional groups attached to an aromatic ring is 1. The van der Waals surface area contributed by atoms with Gasteiger partial charge < -0.3 is 15.0 Å². The van der Waals surface area contributed by atoms with E-state index in [1.807, 2.05) is 11.5 Å². The number of nitrogens with one attached hydrogen (secondary N) is 1. The van der Waals surface area contributed by atoms with Gasteiger partial charge in [0.1, 0.15) is 11.3 Å². The Morgan fingerprint density at radius 1 is 1.26 bits per heavy atom. The van der Waals surface area contributed by atoms with Gasteiger partial charge >= 0.3 is 10.2 Å². The van der Waals surface area contributed by atoms with Crippen molar-refractivity contribution in [1.82, 2.24) is 29.2 Å². The van der Waals surface area contributed by atoms with Gasteiger partial charge in [0.15, 0.2) is 17.3 Å². The zero-order valence-electron chi connectivity index (χ0n) is 17.0. The van der Waals surface area contributed by atoms with Crippen molar-refractivity contribution in [3.8, 4) is 23.1 Å². The standard InChI is InChI=1S/C18H20N8O4S/c1-4-26-14-9-15(20-10-13(14)21-18(26)16-17(19)23-30-22-16)29-12-7-5-6-11(8-12)24-31(27,28)25(2)3/h5-10,24H,4H2,1-3H3,(H2,19,23). The maximum absolute atomic E-state index is 12.0. The second-order valence-corrected chi connectivity index (χ2v) is 8.59. The predicted octanol–water partition coefficient (Wildman–Crippen LogP) is 2.09. The Kier molecular flexibility index (Phi) is 5.20. The Labute approximate surface area is 177 Å². The van der Waals surface area contributed by atoms with Gasteiger partial charge in [-0.2, -0.15) is 12.7 Å². The molecule has 12 nitrogen and oxygen atoms in total. The van der Waals surface area contributed by atoms with E-state index in [9.17, 15) is 8.42 Å². The minimum absolute atomic E-state index is 0.145. The number of benzene rings is 1. The minimum Gasteiger partial charge on any atom is -0.439 e. The van der Waals surface area contributed by atoms with Crippen LogP contribution in [0, 0.1) is 0 Å². The van der Waals surface area contributed by atoms with Crippen molar-refractivity contribution < 1.29 is 17.8 Å². The van der Waals surface area contributed by atoms with Crippen LogP contribution in [0.2, 0.25) is 0 Å². The zero-order chi connectivity index (χ0) is 22.2. The van der Waals surface area contributed by atoms with Gasteiger partial charge in [-0.25, -0.2) is 14.6 Å². The van der Waals surface area contributed by atoms with E-state index in [-0.39, 0.29) is 5.82 Å². The van der Waals surface area contributed by atoms with Crippen LogP contribution in [0.15, 0.2) is 41.2 Å². The third-order valence-electron chi connectivity index (χ3n) is 4.44. The summed E-state index contributed by atoms with van der Waals surface area (Å²) in [6.07, 6.45) is 1.57. The van der Waals surface area contributed by atoms with Crippen LogP contribution < -0.4 is 15.2 Å². The lowest BCUT2D eigenvalue weighted by Crippen LogP contribution is -2.28. The lowest BCUT2D eigenvalue weighted by molar-refractivity contribution is 0.310. The fraction of sp³-hybridized carbons (Fsp3) is 0.222. The van der Waals surface area contributed by atoms with Gasteiger partial charge in [0.25, 0.3) is 0 Å². The maximum atomic E-state index is 12.0. The van der Waals surface area contributed by atoms with E-state index in [0.717, 1.165) is 9.82 Å². The van der Waals surface area contributed by atoms with Gasteiger partial charge in [0.2, 0.25) is 5.88 Å². The number of nitrogens with zero attached hydrogens (tertiary/aromatic N) is 6. The molecular weight excluding hydrogens is 424 g/mol. The molecule has 0 aliphatic rings. The molecule has 0 fully saturated rings. The number of hydrogen-bond donors (Lipinski definition) is 2. The second-order valence-electron chi connectivity index (χ2n) is 6.71. The van der Waals surface area contributed by atoms with Crippen LogP contribution in [-0.4, -0.2) is 51.7 Å². The van der Waals surface area contributed by atoms with Crippen molar-refractivity contribution in [2.75, 3.05) is 24.6 Å². The normalized spacial score (nSPS) is 11.9. The quantitative estimate of drug-likeness (QED) is 0.436. The molecule has 0 saturated carbocycles. The fourth-order valence-corrected chi connectivity index (χ4v) is 3.51. The smallest absolute Gasteiger partial charge is 0.301 e. The summed E-state index contributed by atoms with van der Waals surface area (Å²) in [4.78, 5) is 8.82. The number of aryl methyl sites for hydroxylation is 1. The molecule has 0 aliphatic heterocycles. The number of rotatable bonds is 7. The average molecular weight is 444 g/mol. The van der Waals surface area contributed by atoms with E-state index in [1.54, 1.807) is 36.5 Å². The van der Waals surface area contributed by atoms with Crippen LogP contribution in [0.3, 0.4) is 0 Å². The summed E-state index contributed by atoms with van der Waals surface area (Å²) in [6, 6.07) is 8.30. The second kappa shape index (κ2) is 7.85. The number of hydrogen-bond acceptors (Lipinski definition) is 9. The number of aromatic nitrogens is 5. The Morgan fingerprint density at radius 3 is 2.74 bits per heavy atom. The van der Waals surface area contributed by atoms with Crippen LogP contribution in [0.1, 0.15) is 6.92 Å². The molecule has 0 bridgehead atoms. The third kappa shape index (κ3) is 4.00. The SMILES string of the molecule is CCn1c(-c2nonc2N)nc2cnc(Oc3cccc(NS(=O)(=O)N(C)C)c3)cc21. The Balaban J connectivity index is 1.66. The summed E-state index contributed by atoms with van der Waals surface area (Å²) >= 11 is 0. The fourth-order valence-electron chi connectivity index (χ4n) is 2.90. The number of pyridine rings is 1. The van der Waals surface area contributed by atoms with Crippen molar-refractivity contribution in [2.45, 2.75) is 13.5 Å². The maximum Gasteiger partial charge on any atom is 0.301 e. The van der Waals surface area contributed by atoms with E-state index in [4.69, 9.17) is 10.5 Å². The monoisotopic (exact) mass is 444 g/mol. The van der Waals surface area contributed by atoms with Crippen molar-refractivity contribution in [2.24, 2.45) is 0 Å². The summed E-state index contributed by atoms with van der Waals surface area (Å²) in [7, 11) is -0.749. The predicted molar refractivity (Wildman–Crippen MR) is 114 cm³/mol. The van der Waals surface area contributed by atoms with Crippen molar-refractivity contribution in [3.05, 3.63) is 36.5 Å². The molecule has 0 radical (unpaired) electrons. The number of anilines is 2. The highest BCUT2D eigenvalue weighted by molar-refractivity contribution is 7.90. The van der Waals surface area contributed by atoms with Gasteiger partial charge in [-0.15, -0.1) is 0 Å². The average Bonchev–Trinajstić information content (AvgIpc) is 3.30. The molecule has 4 rings (SSSR count). The first-order valence-corrected chi connectivity index (χ1v) is 10.7. The summed E-state index contributed by atoms with van der Waals surface area (Å²) in [5, 5.41) is 7.43. The van der Waals surface area contributed by atoms with Gasteiger partial charge in [-0.1, -0.05) is 6.07 Å². The lowest BCUT2D eigenvalue weighted by Gasteiger charge is -2.14. The molecule has 3 heterocycles. The first kappa shape index (κ1) is 20.6. The van der Waals surface area contributed by atoms with E-state index < -0.39 is 10.2 Å². The molecule has 1 aromatic carbocycles. The highest BCUT2D eigenvalue weighted by atomic mass is 32.2. The minimum atomic E-state index is -3.63. The summed E-state index contributed by atoms with van der Waals surface area (Å²) in [5.41, 5.74) is 7.91. The molecule has 4 aromatic rings. The molecule has 0 aliphatic carbocycles. The van der Waals surface area contributed by atoms with Crippen LogP contribution in [0.5, 0.6) is 11.6 Å². The summed E-state index contributed by atoms with van der Waals surface area (Å²) in [5.74, 6) is 1.38. The first-order valence-electron chi connectivity index (χ1n) is 9.21. The molecule has 0 atom stereocenters. The molecule has 0 unspecified atom stereocenters. The van der Waals surface area contributed by atoms with E-state index in [2.05, 4.69) is 29.6 Å². The first-order chi connectivity index (χ1) is 14.8. The molecule has 0 spiro atoms. The topological polar surface area (TPSA) is 154 Å². The van der Waals surface area contributed by atoms with E-state index in [1.165, 1.54) is 14.1 Å². The van der Waals surface area contributed by atoms with Crippen LogP contribution in [0.4, 0.5) is 11.5 Å². The highest BCUT2D eigenvalue weighted by Gasteiger charge is 2.19. The third-order valence-corrected chi connectivity index (χ3v) is 5.89. The zero-order valence-corrected chi connectivity index (χ0v) is 17.8. The Bertz CT molecular complexity index is 1350. The van der Waals surface area contributed by atoms with Gasteiger partial charge in [0, 0.05) is 32.8 Å². The molecule has 3 N–H and O–H groups in total. The molecular formula is C18H20N8O4S. The van der Waals surface area contributed by atoms with Gasteiger partial charge in [-0.3, -0.25) is 4.72 Å². The number of fused-ring (bicyclic) bond motifs is 1. The molecule has 0 saturated heterocycles. The lowest BCUT2D eigenvalue weighted by atomic mass is 10.3. The molecule has 13 heteroatoms. The number of ether oxygens (including phenoxy) is 1. The van der Waals surface area contributed by atoms with Gasteiger partial charge in [0.05, 0.1) is 17.4 Å².